The van der Waals surface area contributed by atoms with Crippen molar-refractivity contribution in [3.63, 3.8) is 0 Å². The Morgan fingerprint density at radius 2 is 2.03 bits per heavy atom. The number of carbonyl (C=O) groups is 2. The van der Waals surface area contributed by atoms with Crippen LogP contribution in [0.1, 0.15) is 42.7 Å². The summed E-state index contributed by atoms with van der Waals surface area (Å²) in [5.74, 6) is -0.220. The molecule has 0 atom stereocenters. The zero-order valence-electron chi connectivity index (χ0n) is 16.9. The summed E-state index contributed by atoms with van der Waals surface area (Å²) in [5, 5.41) is 10.8. The maximum Gasteiger partial charge on any atom is 0.178 e. The minimum atomic E-state index is -1.75. The highest BCUT2D eigenvalue weighted by Crippen LogP contribution is 2.35. The molecule has 1 N–H and O–H groups in total. The number of anilines is 1. The number of carbonyl (C=O) groups excluding carboxylic acids is 2. The first-order chi connectivity index (χ1) is 13.5. The number of piperidine rings is 1. The number of aromatic nitrogens is 1. The fourth-order valence-corrected chi connectivity index (χ4v) is 3.40. The van der Waals surface area contributed by atoms with E-state index < -0.39 is 10.9 Å². The highest BCUT2D eigenvalue weighted by molar-refractivity contribution is 6.58. The summed E-state index contributed by atoms with van der Waals surface area (Å²) < 4.78 is 5.60. The van der Waals surface area contributed by atoms with Gasteiger partial charge in [-0.1, -0.05) is 0 Å². The van der Waals surface area contributed by atoms with E-state index in [0.717, 1.165) is 0 Å². The summed E-state index contributed by atoms with van der Waals surface area (Å²) >= 11 is 0. The zero-order valence-corrected chi connectivity index (χ0v) is 16.9. The number of allylic oxidation sites excluding steroid dienone is 1. The summed E-state index contributed by atoms with van der Waals surface area (Å²) in [4.78, 5) is 29.5. The molecule has 1 aliphatic rings. The van der Waals surface area contributed by atoms with Gasteiger partial charge in [0.1, 0.15) is 17.3 Å². The van der Waals surface area contributed by atoms with Crippen LogP contribution in [-0.2, 0) is 9.53 Å². The number of aldehydes is 1. The molecule has 6 radical (unpaired) electrons. The molecule has 0 aliphatic carbocycles. The number of ketones is 1. The SMILES string of the molecule is [B]C([B])([B])OC1(C)CCN(/C(=C(\C#N)C=O)c2cc(C(C)=O)ncc2NC)CC1. The van der Waals surface area contributed by atoms with Gasteiger partial charge in [0.05, 0.1) is 46.7 Å². The van der Waals surface area contributed by atoms with Crippen molar-refractivity contribution in [1.29, 1.82) is 5.26 Å². The minimum Gasteiger partial charge on any atom is -0.397 e. The number of rotatable bonds is 7. The molecular weight excluding hydrogens is 365 g/mol. The molecule has 0 bridgehead atoms. The molecular formula is C19H21B3N4O3. The monoisotopic (exact) mass is 386 g/mol. The lowest BCUT2D eigenvalue weighted by atomic mass is 9.52. The van der Waals surface area contributed by atoms with Crippen molar-refractivity contribution in [1.82, 2.24) is 9.88 Å². The van der Waals surface area contributed by atoms with E-state index in [4.69, 9.17) is 28.3 Å². The van der Waals surface area contributed by atoms with Crippen molar-refractivity contribution < 1.29 is 14.3 Å². The lowest BCUT2D eigenvalue weighted by Crippen LogP contribution is -2.50. The average molecular weight is 386 g/mol. The van der Waals surface area contributed by atoms with E-state index in [-0.39, 0.29) is 17.1 Å². The second kappa shape index (κ2) is 8.87. The topological polar surface area (TPSA) is 95.3 Å². The molecule has 1 fully saturated rings. The van der Waals surface area contributed by atoms with Crippen molar-refractivity contribution in [3.8, 4) is 6.07 Å². The summed E-state index contributed by atoms with van der Waals surface area (Å²) in [6, 6.07) is 3.53. The Morgan fingerprint density at radius 1 is 1.41 bits per heavy atom. The standard InChI is InChI=1S/C19H21B3N4O3/c1-12(28)15-8-14(16(24-3)10-25-15)17(13(9-23)11-27)26-6-4-18(2,5-7-26)29-19(20,21)22/h8,10-11,24H,4-7H2,1-3H3/b17-13+. The van der Waals surface area contributed by atoms with Crippen molar-refractivity contribution in [2.45, 2.75) is 37.6 Å². The van der Waals surface area contributed by atoms with Gasteiger partial charge in [0, 0.05) is 32.6 Å². The molecule has 1 aromatic heterocycles. The van der Waals surface area contributed by atoms with E-state index in [9.17, 15) is 14.9 Å². The maximum absolute atomic E-state index is 11.8. The predicted molar refractivity (Wildman–Crippen MR) is 113 cm³/mol. The molecule has 7 nitrogen and oxygen atoms in total. The second-order valence-corrected chi connectivity index (χ2v) is 7.31. The van der Waals surface area contributed by atoms with Crippen molar-refractivity contribution in [2.75, 3.05) is 25.5 Å². The van der Waals surface area contributed by atoms with Gasteiger partial charge < -0.3 is 15.0 Å². The lowest BCUT2D eigenvalue weighted by Gasteiger charge is -2.45. The Kier molecular flexibility index (Phi) is 6.96. The number of pyridine rings is 1. The summed E-state index contributed by atoms with van der Waals surface area (Å²) in [5.41, 5.74) is 1.11. The minimum absolute atomic E-state index is 0.0439. The fourth-order valence-electron chi connectivity index (χ4n) is 3.40. The molecule has 1 aromatic rings. The number of hydrogen-bond donors (Lipinski definition) is 1. The number of Topliss-reactive ketones (excluding diaryl/α,β-unsaturated/α-hetero) is 1. The van der Waals surface area contributed by atoms with Crippen LogP contribution in [0.15, 0.2) is 17.8 Å². The molecule has 29 heavy (non-hydrogen) atoms. The van der Waals surface area contributed by atoms with Crippen LogP contribution < -0.4 is 5.32 Å². The molecule has 2 heterocycles. The van der Waals surface area contributed by atoms with Gasteiger partial charge >= 0.3 is 0 Å². The molecule has 2 rings (SSSR count). The molecule has 0 saturated carbocycles. The van der Waals surface area contributed by atoms with Gasteiger partial charge in [-0.05, 0) is 31.1 Å². The van der Waals surface area contributed by atoms with Gasteiger partial charge in [-0.25, -0.2) is 0 Å². The third kappa shape index (κ3) is 5.51. The van der Waals surface area contributed by atoms with E-state index in [1.807, 2.05) is 17.9 Å². The van der Waals surface area contributed by atoms with Gasteiger partial charge in [-0.3, -0.25) is 14.6 Å². The Labute approximate surface area is 175 Å². The number of ether oxygens (including phenoxy) is 1. The molecule has 0 amide bonds. The largest absolute Gasteiger partial charge is 0.397 e. The van der Waals surface area contributed by atoms with Gasteiger partial charge in [0.15, 0.2) is 12.1 Å². The molecule has 10 heteroatoms. The van der Waals surface area contributed by atoms with Crippen LogP contribution in [0.4, 0.5) is 5.69 Å². The number of likely N-dealkylation sites (tertiary alicyclic amines) is 1. The lowest BCUT2D eigenvalue weighted by molar-refractivity contribution is -0.104. The van der Waals surface area contributed by atoms with Crippen LogP contribution in [0.3, 0.4) is 0 Å². The van der Waals surface area contributed by atoms with Crippen molar-refractivity contribution in [3.05, 3.63) is 29.1 Å². The predicted octanol–water partition coefficient (Wildman–Crippen LogP) is 0.747. The van der Waals surface area contributed by atoms with E-state index in [1.54, 1.807) is 13.1 Å². The van der Waals surface area contributed by atoms with Crippen LogP contribution in [-0.4, -0.2) is 76.5 Å². The normalized spacial score (nSPS) is 17.1. The van der Waals surface area contributed by atoms with Crippen LogP contribution in [0.2, 0.25) is 0 Å². The van der Waals surface area contributed by atoms with E-state index in [0.29, 0.717) is 49.2 Å². The van der Waals surface area contributed by atoms with E-state index in [1.165, 1.54) is 13.1 Å². The number of nitrogens with zero attached hydrogens (tertiary/aromatic N) is 3. The van der Waals surface area contributed by atoms with Gasteiger partial charge in [0.25, 0.3) is 0 Å². The third-order valence-electron chi connectivity index (χ3n) is 4.84. The fraction of sp³-hybridized carbons (Fsp3) is 0.474. The van der Waals surface area contributed by atoms with E-state index >= 15 is 0 Å². The Balaban J connectivity index is 2.47. The smallest absolute Gasteiger partial charge is 0.178 e. The van der Waals surface area contributed by atoms with Gasteiger partial charge in [-0.15, -0.1) is 0 Å². The van der Waals surface area contributed by atoms with E-state index in [2.05, 4.69) is 10.3 Å². The van der Waals surface area contributed by atoms with Gasteiger partial charge in [0.2, 0.25) is 0 Å². The van der Waals surface area contributed by atoms with Crippen LogP contribution >= 0.6 is 0 Å². The Bertz CT molecular complexity index is 866. The summed E-state index contributed by atoms with van der Waals surface area (Å²) in [6.07, 6.45) is 3.05. The first-order valence-corrected chi connectivity index (χ1v) is 9.14. The molecule has 0 unspecified atom stereocenters. The van der Waals surface area contributed by atoms with Crippen LogP contribution in [0.5, 0.6) is 0 Å². The van der Waals surface area contributed by atoms with Crippen molar-refractivity contribution >= 4 is 47.0 Å². The molecule has 144 valence electrons. The first kappa shape index (κ1) is 22.8. The average Bonchev–Trinajstić information content (AvgIpc) is 2.65. The summed E-state index contributed by atoms with van der Waals surface area (Å²) in [7, 11) is 18.5. The summed E-state index contributed by atoms with van der Waals surface area (Å²) in [6.45, 7) is 4.19. The first-order valence-electron chi connectivity index (χ1n) is 9.14. The maximum atomic E-state index is 11.8. The molecule has 1 saturated heterocycles. The van der Waals surface area contributed by atoms with Gasteiger partial charge in [-0.2, -0.15) is 5.26 Å². The van der Waals surface area contributed by atoms with Crippen molar-refractivity contribution in [2.24, 2.45) is 0 Å². The van der Waals surface area contributed by atoms with Crippen LogP contribution in [0, 0.1) is 11.3 Å². The third-order valence-corrected chi connectivity index (χ3v) is 4.84. The molecule has 0 aromatic carbocycles. The van der Waals surface area contributed by atoms with Crippen LogP contribution in [0.25, 0.3) is 5.70 Å². The quantitative estimate of drug-likeness (QED) is 0.243. The Hall–Kier alpha value is -2.53. The molecule has 0 spiro atoms. The Morgan fingerprint density at radius 3 is 2.48 bits per heavy atom. The number of hydrogen-bond acceptors (Lipinski definition) is 7. The molecule has 1 aliphatic heterocycles. The highest BCUT2D eigenvalue weighted by atomic mass is 16.5. The number of nitriles is 1. The highest BCUT2D eigenvalue weighted by Gasteiger charge is 2.35. The number of nitrogens with one attached hydrogen (secondary N) is 1. The second-order valence-electron chi connectivity index (χ2n) is 7.31. The zero-order chi connectivity index (χ0) is 21.8.